The summed E-state index contributed by atoms with van der Waals surface area (Å²) in [7, 11) is 0. The lowest BCUT2D eigenvalue weighted by molar-refractivity contribution is -0.139. The number of nitrogens with one attached hydrogen (secondary N) is 1. The van der Waals surface area contributed by atoms with Gasteiger partial charge in [-0.3, -0.25) is 9.59 Å². The Morgan fingerprint density at radius 3 is 2.44 bits per heavy atom. The minimum atomic E-state index is -1.11. The summed E-state index contributed by atoms with van der Waals surface area (Å²) in [6.07, 6.45) is 0.652. The van der Waals surface area contributed by atoms with Crippen LogP contribution in [0.3, 0.4) is 0 Å². The summed E-state index contributed by atoms with van der Waals surface area (Å²) in [6.45, 7) is 3.62. The first-order valence-electron chi connectivity index (χ1n) is 5.25. The zero-order chi connectivity index (χ0) is 12.8. The first kappa shape index (κ1) is 14.9. The third kappa shape index (κ3) is 5.09. The van der Waals surface area contributed by atoms with Gasteiger partial charge in [0, 0.05) is 12.1 Å². The molecule has 0 aliphatic rings. The lowest BCUT2D eigenvalue weighted by Crippen LogP contribution is -2.52. The molecule has 0 radical (unpaired) electrons. The summed E-state index contributed by atoms with van der Waals surface area (Å²) in [5.41, 5.74) is 4.88. The van der Waals surface area contributed by atoms with Crippen molar-refractivity contribution in [3.05, 3.63) is 0 Å². The van der Waals surface area contributed by atoms with Crippen molar-refractivity contribution >= 4 is 11.9 Å². The highest BCUT2D eigenvalue weighted by Gasteiger charge is 2.27. The van der Waals surface area contributed by atoms with Gasteiger partial charge in [-0.2, -0.15) is 0 Å². The van der Waals surface area contributed by atoms with Gasteiger partial charge in [-0.1, -0.05) is 6.92 Å². The Morgan fingerprint density at radius 1 is 1.50 bits per heavy atom. The molecular formula is C10H20N2O4. The van der Waals surface area contributed by atoms with E-state index in [9.17, 15) is 9.59 Å². The number of hydrogen-bond donors (Lipinski definition) is 4. The summed E-state index contributed by atoms with van der Waals surface area (Å²) in [6, 6.07) is -1.05. The molecule has 0 aliphatic heterocycles. The number of carboxylic acids is 1. The number of carbonyl (C=O) groups is 2. The lowest BCUT2D eigenvalue weighted by Gasteiger charge is -2.30. The molecule has 0 aromatic heterocycles. The van der Waals surface area contributed by atoms with E-state index in [1.54, 1.807) is 6.92 Å². The van der Waals surface area contributed by atoms with E-state index in [0.29, 0.717) is 12.8 Å². The summed E-state index contributed by atoms with van der Waals surface area (Å²) in [5, 5.41) is 20.0. The average Bonchev–Trinajstić information content (AvgIpc) is 2.17. The molecule has 0 saturated carbocycles. The topological polar surface area (TPSA) is 113 Å². The van der Waals surface area contributed by atoms with E-state index in [1.807, 2.05) is 6.92 Å². The Kier molecular flexibility index (Phi) is 5.98. The molecule has 0 spiro atoms. The minimum Gasteiger partial charge on any atom is -0.481 e. The highest BCUT2D eigenvalue weighted by atomic mass is 16.4. The number of carboxylic acid groups (broad SMARTS) is 1. The van der Waals surface area contributed by atoms with Crippen LogP contribution < -0.4 is 11.1 Å². The number of amides is 1. The largest absolute Gasteiger partial charge is 0.481 e. The number of carbonyl (C=O) groups excluding carboxylic acids is 1. The Balaban J connectivity index is 4.34. The first-order chi connectivity index (χ1) is 7.34. The molecule has 0 rings (SSSR count). The van der Waals surface area contributed by atoms with Crippen LogP contribution in [0.1, 0.15) is 33.1 Å². The molecule has 0 saturated heterocycles. The van der Waals surface area contributed by atoms with Crippen LogP contribution in [0.25, 0.3) is 0 Å². The second-order valence-corrected chi connectivity index (χ2v) is 4.08. The van der Waals surface area contributed by atoms with Gasteiger partial charge in [-0.25, -0.2) is 0 Å². The SMILES string of the molecule is CCC(C)(CCO)NC(=O)C(N)CC(=O)O. The van der Waals surface area contributed by atoms with Gasteiger partial charge in [0.1, 0.15) is 0 Å². The van der Waals surface area contributed by atoms with E-state index >= 15 is 0 Å². The molecule has 0 heterocycles. The fourth-order valence-corrected chi connectivity index (χ4v) is 1.25. The molecule has 0 aromatic carbocycles. The molecule has 6 nitrogen and oxygen atoms in total. The van der Waals surface area contributed by atoms with Gasteiger partial charge in [0.15, 0.2) is 0 Å². The van der Waals surface area contributed by atoms with Gasteiger partial charge in [-0.05, 0) is 19.8 Å². The highest BCUT2D eigenvalue weighted by Crippen LogP contribution is 2.13. The number of nitrogens with two attached hydrogens (primary N) is 1. The quantitative estimate of drug-likeness (QED) is 0.470. The third-order valence-electron chi connectivity index (χ3n) is 2.60. The fourth-order valence-electron chi connectivity index (χ4n) is 1.25. The maximum Gasteiger partial charge on any atom is 0.305 e. The van der Waals surface area contributed by atoms with Gasteiger partial charge in [0.05, 0.1) is 12.5 Å². The minimum absolute atomic E-state index is 0.0429. The molecule has 16 heavy (non-hydrogen) atoms. The van der Waals surface area contributed by atoms with Crippen LogP contribution >= 0.6 is 0 Å². The summed E-state index contributed by atoms with van der Waals surface area (Å²) < 4.78 is 0. The van der Waals surface area contributed by atoms with Crippen molar-refractivity contribution in [3.8, 4) is 0 Å². The van der Waals surface area contributed by atoms with E-state index in [0.717, 1.165) is 0 Å². The molecular weight excluding hydrogens is 212 g/mol. The monoisotopic (exact) mass is 232 g/mol. The fraction of sp³-hybridized carbons (Fsp3) is 0.800. The lowest BCUT2D eigenvalue weighted by atomic mass is 9.94. The van der Waals surface area contributed by atoms with Crippen LogP contribution in [0.4, 0.5) is 0 Å². The number of aliphatic carboxylic acids is 1. The van der Waals surface area contributed by atoms with E-state index in [-0.39, 0.29) is 6.61 Å². The second kappa shape index (κ2) is 6.44. The Labute approximate surface area is 94.8 Å². The number of aliphatic hydroxyl groups excluding tert-OH is 1. The third-order valence-corrected chi connectivity index (χ3v) is 2.60. The molecule has 2 unspecified atom stereocenters. The molecule has 2 atom stereocenters. The van der Waals surface area contributed by atoms with Gasteiger partial charge in [0.25, 0.3) is 0 Å². The number of rotatable bonds is 7. The van der Waals surface area contributed by atoms with E-state index in [2.05, 4.69) is 5.32 Å². The van der Waals surface area contributed by atoms with Crippen LogP contribution in [0, 0.1) is 0 Å². The van der Waals surface area contributed by atoms with Crippen LogP contribution in [0.2, 0.25) is 0 Å². The van der Waals surface area contributed by atoms with Gasteiger partial charge < -0.3 is 21.3 Å². The van der Waals surface area contributed by atoms with Crippen molar-refractivity contribution in [2.75, 3.05) is 6.61 Å². The highest BCUT2D eigenvalue weighted by molar-refractivity contribution is 5.86. The number of hydrogen-bond acceptors (Lipinski definition) is 4. The van der Waals surface area contributed by atoms with Gasteiger partial charge in [0.2, 0.25) is 5.91 Å². The van der Waals surface area contributed by atoms with Crippen LogP contribution in [0.15, 0.2) is 0 Å². The van der Waals surface area contributed by atoms with E-state index in [1.165, 1.54) is 0 Å². The molecule has 5 N–H and O–H groups in total. The van der Waals surface area contributed by atoms with E-state index in [4.69, 9.17) is 15.9 Å². The molecule has 0 aromatic rings. The molecule has 6 heteroatoms. The number of aliphatic hydroxyl groups is 1. The van der Waals surface area contributed by atoms with Crippen molar-refractivity contribution in [1.29, 1.82) is 0 Å². The zero-order valence-electron chi connectivity index (χ0n) is 9.69. The normalized spacial score (nSPS) is 16.2. The van der Waals surface area contributed by atoms with Crippen molar-refractivity contribution in [3.63, 3.8) is 0 Å². The maximum absolute atomic E-state index is 11.5. The predicted octanol–water partition coefficient (Wildman–Crippen LogP) is -0.544. The van der Waals surface area contributed by atoms with Crippen LogP contribution in [-0.2, 0) is 9.59 Å². The smallest absolute Gasteiger partial charge is 0.305 e. The predicted molar refractivity (Wildman–Crippen MR) is 58.8 cm³/mol. The van der Waals surface area contributed by atoms with Crippen molar-refractivity contribution < 1.29 is 19.8 Å². The zero-order valence-corrected chi connectivity index (χ0v) is 9.69. The standard InChI is InChI=1S/C10H20N2O4/c1-3-10(2,4-5-13)12-9(16)7(11)6-8(14)15/h7,13H,3-6,11H2,1-2H3,(H,12,16)(H,14,15). The van der Waals surface area contributed by atoms with Crippen LogP contribution in [-0.4, -0.2) is 40.3 Å². The summed E-state index contributed by atoms with van der Waals surface area (Å²) >= 11 is 0. The maximum atomic E-state index is 11.5. The van der Waals surface area contributed by atoms with Crippen molar-refractivity contribution in [2.45, 2.75) is 44.7 Å². The molecule has 1 amide bonds. The molecule has 0 fully saturated rings. The Hall–Kier alpha value is -1.14. The Bertz CT molecular complexity index is 257. The first-order valence-corrected chi connectivity index (χ1v) is 5.25. The van der Waals surface area contributed by atoms with Crippen molar-refractivity contribution in [1.82, 2.24) is 5.32 Å². The Morgan fingerprint density at radius 2 is 2.06 bits per heavy atom. The molecule has 0 aliphatic carbocycles. The summed E-state index contributed by atoms with van der Waals surface area (Å²) in [5.74, 6) is -1.61. The average molecular weight is 232 g/mol. The van der Waals surface area contributed by atoms with Crippen molar-refractivity contribution in [2.24, 2.45) is 5.73 Å². The molecule has 94 valence electrons. The van der Waals surface area contributed by atoms with Crippen LogP contribution in [0.5, 0.6) is 0 Å². The molecule has 0 bridgehead atoms. The second-order valence-electron chi connectivity index (χ2n) is 4.08. The van der Waals surface area contributed by atoms with Gasteiger partial charge >= 0.3 is 5.97 Å². The van der Waals surface area contributed by atoms with Gasteiger partial charge in [-0.15, -0.1) is 0 Å². The van der Waals surface area contributed by atoms with E-state index < -0.39 is 29.9 Å². The summed E-state index contributed by atoms with van der Waals surface area (Å²) in [4.78, 5) is 21.9.